The molecule has 19 heavy (non-hydrogen) atoms. The van der Waals surface area contributed by atoms with Crippen molar-refractivity contribution in [2.75, 3.05) is 6.54 Å². The minimum Gasteiger partial charge on any atom is -0.477 e. The lowest BCUT2D eigenvalue weighted by molar-refractivity contribution is 0.0701. The summed E-state index contributed by atoms with van der Waals surface area (Å²) in [6.45, 7) is 4.09. The van der Waals surface area contributed by atoms with E-state index in [1.807, 2.05) is 0 Å². The second-order valence-corrected chi connectivity index (χ2v) is 8.11. The Morgan fingerprint density at radius 1 is 1.53 bits per heavy atom. The van der Waals surface area contributed by atoms with Gasteiger partial charge in [-0.1, -0.05) is 6.92 Å². The van der Waals surface area contributed by atoms with Crippen LogP contribution in [-0.2, 0) is 10.0 Å². The van der Waals surface area contributed by atoms with Crippen LogP contribution in [0.15, 0.2) is 10.3 Å². The molecule has 1 aliphatic carbocycles. The van der Waals surface area contributed by atoms with Gasteiger partial charge in [0.05, 0.1) is 0 Å². The van der Waals surface area contributed by atoms with Crippen molar-refractivity contribution in [2.45, 2.75) is 37.3 Å². The van der Waals surface area contributed by atoms with Crippen LogP contribution >= 0.6 is 11.3 Å². The van der Waals surface area contributed by atoms with Crippen molar-refractivity contribution in [1.82, 2.24) is 4.72 Å². The van der Waals surface area contributed by atoms with Crippen molar-refractivity contribution in [3.05, 3.63) is 16.5 Å². The summed E-state index contributed by atoms with van der Waals surface area (Å²) in [5.41, 5.74) is 0.601. The van der Waals surface area contributed by atoms with E-state index in [1.165, 1.54) is 6.07 Å². The van der Waals surface area contributed by atoms with Crippen molar-refractivity contribution < 1.29 is 18.3 Å². The Hall–Kier alpha value is -0.920. The summed E-state index contributed by atoms with van der Waals surface area (Å²) in [5, 5.41) is 8.95. The molecule has 7 heteroatoms. The van der Waals surface area contributed by atoms with Gasteiger partial charge in [-0.2, -0.15) is 0 Å². The van der Waals surface area contributed by atoms with Gasteiger partial charge in [0.2, 0.25) is 10.0 Å². The highest BCUT2D eigenvalue weighted by Gasteiger charge is 2.41. The van der Waals surface area contributed by atoms with Gasteiger partial charge in [-0.15, -0.1) is 11.3 Å². The van der Waals surface area contributed by atoms with Crippen LogP contribution in [0.2, 0.25) is 0 Å². The molecule has 0 radical (unpaired) electrons. The van der Waals surface area contributed by atoms with Crippen molar-refractivity contribution >= 4 is 27.3 Å². The highest BCUT2D eigenvalue weighted by molar-refractivity contribution is 7.91. The number of thiophene rings is 1. The molecule has 0 aromatic carbocycles. The second-order valence-electron chi connectivity index (χ2n) is 5.06. The zero-order valence-corrected chi connectivity index (χ0v) is 12.5. The average molecular weight is 303 g/mol. The fourth-order valence-electron chi connectivity index (χ4n) is 1.95. The lowest BCUT2D eigenvalue weighted by atomic mass is 10.1. The third kappa shape index (κ3) is 2.98. The Morgan fingerprint density at radius 2 is 2.16 bits per heavy atom. The van der Waals surface area contributed by atoms with E-state index in [0.717, 1.165) is 30.6 Å². The summed E-state index contributed by atoms with van der Waals surface area (Å²) in [6.07, 6.45) is 3.06. The average Bonchev–Trinajstić information content (AvgIpc) is 3.02. The van der Waals surface area contributed by atoms with Gasteiger partial charge >= 0.3 is 5.97 Å². The largest absolute Gasteiger partial charge is 0.477 e. The molecule has 0 atom stereocenters. The number of nitrogens with one attached hydrogen (secondary N) is 1. The molecule has 0 spiro atoms. The first-order valence-corrected chi connectivity index (χ1v) is 8.43. The Labute approximate surface area is 116 Å². The SMILES string of the molecule is CCC1(CNS(=O)(=O)c2cc(C)c(C(=O)O)s2)CC1. The van der Waals surface area contributed by atoms with E-state index < -0.39 is 16.0 Å². The van der Waals surface area contributed by atoms with Crippen LogP contribution in [-0.4, -0.2) is 26.0 Å². The summed E-state index contributed by atoms with van der Waals surface area (Å²) in [6, 6.07) is 1.42. The van der Waals surface area contributed by atoms with Gasteiger partial charge in [-0.25, -0.2) is 17.9 Å². The van der Waals surface area contributed by atoms with Gasteiger partial charge in [-0.05, 0) is 43.2 Å². The number of hydrogen-bond acceptors (Lipinski definition) is 4. The Balaban J connectivity index is 2.15. The molecule has 0 aliphatic heterocycles. The van der Waals surface area contributed by atoms with Crippen LogP contribution < -0.4 is 4.72 Å². The quantitative estimate of drug-likeness (QED) is 0.844. The Kier molecular flexibility index (Phi) is 3.72. The van der Waals surface area contributed by atoms with E-state index in [1.54, 1.807) is 6.92 Å². The zero-order valence-electron chi connectivity index (χ0n) is 10.9. The summed E-state index contributed by atoms with van der Waals surface area (Å²) in [5.74, 6) is -1.09. The lowest BCUT2D eigenvalue weighted by Gasteiger charge is -2.12. The molecule has 0 unspecified atom stereocenters. The molecule has 0 bridgehead atoms. The fraction of sp³-hybridized carbons (Fsp3) is 0.583. The number of rotatable bonds is 6. The molecule has 2 rings (SSSR count). The van der Waals surface area contributed by atoms with Crippen LogP contribution in [0.4, 0.5) is 0 Å². The lowest BCUT2D eigenvalue weighted by Crippen LogP contribution is -2.29. The molecular formula is C12H17NO4S2. The van der Waals surface area contributed by atoms with Crippen LogP contribution in [0.25, 0.3) is 0 Å². The summed E-state index contributed by atoms with van der Waals surface area (Å²) in [7, 11) is -3.59. The smallest absolute Gasteiger partial charge is 0.346 e. The number of carboxylic acids is 1. The molecular weight excluding hydrogens is 286 g/mol. The molecule has 1 aliphatic rings. The Bertz CT molecular complexity index is 599. The summed E-state index contributed by atoms with van der Waals surface area (Å²) in [4.78, 5) is 11.0. The standard InChI is InChI=1S/C12H17NO4S2/c1-3-12(4-5-12)7-13-19(16,17)9-6-8(2)10(18-9)11(14)15/h6,13H,3-5,7H2,1-2H3,(H,14,15). The third-order valence-electron chi connectivity index (χ3n) is 3.70. The molecule has 1 aromatic rings. The van der Waals surface area contributed by atoms with Crippen molar-refractivity contribution in [3.63, 3.8) is 0 Å². The predicted molar refractivity (Wildman–Crippen MR) is 73.2 cm³/mol. The second kappa shape index (κ2) is 4.88. The molecule has 1 heterocycles. The molecule has 1 aromatic heterocycles. The minimum atomic E-state index is -3.59. The van der Waals surface area contributed by atoms with E-state index in [0.29, 0.717) is 12.1 Å². The van der Waals surface area contributed by atoms with Gasteiger partial charge < -0.3 is 5.11 Å². The molecule has 2 N–H and O–H groups in total. The van der Waals surface area contributed by atoms with Crippen LogP contribution in [0.1, 0.15) is 41.4 Å². The number of sulfonamides is 1. The van der Waals surface area contributed by atoms with E-state index in [9.17, 15) is 13.2 Å². The van der Waals surface area contributed by atoms with E-state index in [4.69, 9.17) is 5.11 Å². The van der Waals surface area contributed by atoms with E-state index >= 15 is 0 Å². The van der Waals surface area contributed by atoms with E-state index in [-0.39, 0.29) is 14.5 Å². The topological polar surface area (TPSA) is 83.5 Å². The minimum absolute atomic E-state index is 0.0781. The first kappa shape index (κ1) is 14.5. The zero-order chi connectivity index (χ0) is 14.3. The molecule has 5 nitrogen and oxygen atoms in total. The van der Waals surface area contributed by atoms with Crippen LogP contribution in [0.5, 0.6) is 0 Å². The number of carbonyl (C=O) groups is 1. The molecule has 1 fully saturated rings. The fourth-order valence-corrected chi connectivity index (χ4v) is 4.53. The predicted octanol–water partition coefficient (Wildman–Crippen LogP) is 2.22. The third-order valence-corrected chi connectivity index (χ3v) is 6.80. The van der Waals surface area contributed by atoms with Crippen molar-refractivity contribution in [2.24, 2.45) is 5.41 Å². The van der Waals surface area contributed by atoms with Crippen molar-refractivity contribution in [1.29, 1.82) is 0 Å². The van der Waals surface area contributed by atoms with Crippen LogP contribution in [0.3, 0.4) is 0 Å². The van der Waals surface area contributed by atoms with Gasteiger partial charge in [0.25, 0.3) is 0 Å². The summed E-state index contributed by atoms with van der Waals surface area (Å²) < 4.78 is 26.9. The van der Waals surface area contributed by atoms with Crippen molar-refractivity contribution in [3.8, 4) is 0 Å². The number of carboxylic acid groups (broad SMARTS) is 1. The molecule has 106 valence electrons. The maximum Gasteiger partial charge on any atom is 0.346 e. The van der Waals surface area contributed by atoms with E-state index in [2.05, 4.69) is 11.6 Å². The Morgan fingerprint density at radius 3 is 2.58 bits per heavy atom. The first-order valence-electron chi connectivity index (χ1n) is 6.13. The molecule has 0 saturated heterocycles. The van der Waals surface area contributed by atoms with Crippen LogP contribution in [0, 0.1) is 12.3 Å². The maximum absolute atomic E-state index is 12.1. The van der Waals surface area contributed by atoms with Gasteiger partial charge in [0.15, 0.2) is 0 Å². The monoisotopic (exact) mass is 303 g/mol. The molecule has 0 amide bonds. The normalized spacial score (nSPS) is 17.4. The number of aryl methyl sites for hydroxylation is 1. The maximum atomic E-state index is 12.1. The summed E-state index contributed by atoms with van der Waals surface area (Å²) >= 11 is 0.803. The van der Waals surface area contributed by atoms with Gasteiger partial charge in [-0.3, -0.25) is 0 Å². The number of aromatic carboxylic acids is 1. The molecule has 1 saturated carbocycles. The highest BCUT2D eigenvalue weighted by atomic mass is 32.2. The number of hydrogen-bond donors (Lipinski definition) is 2. The van der Waals surface area contributed by atoms with Gasteiger partial charge in [0, 0.05) is 6.54 Å². The van der Waals surface area contributed by atoms with Gasteiger partial charge in [0.1, 0.15) is 9.09 Å². The highest BCUT2D eigenvalue weighted by Crippen LogP contribution is 2.48. The first-order chi connectivity index (χ1) is 8.80.